The van der Waals surface area contributed by atoms with Gasteiger partial charge >= 0.3 is 0 Å². The van der Waals surface area contributed by atoms with Crippen LogP contribution < -0.4 is 4.74 Å². The Morgan fingerprint density at radius 3 is 2.79 bits per heavy atom. The van der Waals surface area contributed by atoms with Crippen molar-refractivity contribution in [2.24, 2.45) is 7.05 Å². The van der Waals surface area contributed by atoms with E-state index in [1.165, 1.54) is 5.56 Å². The van der Waals surface area contributed by atoms with Crippen molar-refractivity contribution < 1.29 is 9.53 Å². The number of hydrogen-bond acceptors (Lipinski definition) is 4. The Morgan fingerprint density at radius 1 is 1.21 bits per heavy atom. The van der Waals surface area contributed by atoms with Crippen LogP contribution in [0.2, 0.25) is 0 Å². The molecule has 0 saturated carbocycles. The van der Waals surface area contributed by atoms with Gasteiger partial charge in [0.15, 0.2) is 0 Å². The Hall–Kier alpha value is -3.15. The fraction of sp³-hybridized carbons (Fsp3) is 0.348. The molecular weight excluding hydrogens is 364 g/mol. The molecule has 1 saturated heterocycles. The molecule has 0 radical (unpaired) electrons. The first-order valence-electron chi connectivity index (χ1n) is 10.0. The van der Waals surface area contributed by atoms with Gasteiger partial charge in [-0.1, -0.05) is 6.07 Å². The molecule has 6 heteroatoms. The van der Waals surface area contributed by atoms with Crippen molar-refractivity contribution in [3.63, 3.8) is 0 Å². The third-order valence-corrected chi connectivity index (χ3v) is 6.12. The quantitative estimate of drug-likeness (QED) is 0.691. The van der Waals surface area contributed by atoms with E-state index in [0.717, 1.165) is 53.1 Å². The number of benzene rings is 1. The maximum absolute atomic E-state index is 13.0. The molecule has 0 spiro atoms. The standard InChI is InChI=1S/C23H24N4O2/c1-14-15(2)22-20(23(28)27-7-6-19(13-27)29-22)9-17(14)8-16-4-5-21(24-10-16)18-11-25-26(3)12-18/h4-5,9-12,19H,6-8,13H2,1-3H3/t19-/m1/s1. The lowest BCUT2D eigenvalue weighted by atomic mass is 9.93. The summed E-state index contributed by atoms with van der Waals surface area (Å²) in [5.41, 5.74) is 7.12. The van der Waals surface area contributed by atoms with E-state index in [0.29, 0.717) is 12.1 Å². The molecule has 1 fully saturated rings. The van der Waals surface area contributed by atoms with Gasteiger partial charge in [-0.3, -0.25) is 14.5 Å². The molecule has 2 aromatic heterocycles. The number of aromatic nitrogens is 3. The second-order valence-electron chi connectivity index (χ2n) is 8.07. The molecule has 1 atom stereocenters. The Labute approximate surface area is 170 Å². The number of fused-ring (bicyclic) bond motifs is 3. The third kappa shape index (κ3) is 3.09. The Bertz CT molecular complexity index is 1100. The minimum absolute atomic E-state index is 0.0920. The Balaban J connectivity index is 1.47. The highest BCUT2D eigenvalue weighted by Crippen LogP contribution is 2.36. The highest BCUT2D eigenvalue weighted by Gasteiger charge is 2.35. The van der Waals surface area contributed by atoms with Gasteiger partial charge in [-0.2, -0.15) is 5.10 Å². The van der Waals surface area contributed by atoms with Crippen molar-refractivity contribution in [1.29, 1.82) is 0 Å². The van der Waals surface area contributed by atoms with E-state index in [-0.39, 0.29) is 12.0 Å². The SMILES string of the molecule is Cc1c(Cc2ccc(-c3cnn(C)c3)nc2)cc2c(c1C)O[C@@H]1CCN(C1)C2=O. The highest BCUT2D eigenvalue weighted by molar-refractivity contribution is 5.98. The molecular formula is C23H24N4O2. The molecule has 1 aromatic carbocycles. The van der Waals surface area contributed by atoms with E-state index in [4.69, 9.17) is 4.74 Å². The number of hydrogen-bond donors (Lipinski definition) is 0. The Morgan fingerprint density at radius 2 is 2.07 bits per heavy atom. The van der Waals surface area contributed by atoms with Crippen LogP contribution >= 0.6 is 0 Å². The average Bonchev–Trinajstić information content (AvgIpc) is 3.33. The van der Waals surface area contributed by atoms with Crippen LogP contribution in [0.25, 0.3) is 11.3 Å². The number of amides is 1. The number of aryl methyl sites for hydroxylation is 1. The zero-order valence-corrected chi connectivity index (χ0v) is 17.0. The van der Waals surface area contributed by atoms with Crippen molar-refractivity contribution in [1.82, 2.24) is 19.7 Å². The third-order valence-electron chi connectivity index (χ3n) is 6.12. The Kier molecular flexibility index (Phi) is 4.15. The normalized spacial score (nSPS) is 17.8. The van der Waals surface area contributed by atoms with Gasteiger partial charge in [-0.25, -0.2) is 0 Å². The van der Waals surface area contributed by atoms with Crippen molar-refractivity contribution in [3.8, 4) is 17.0 Å². The molecule has 148 valence electrons. The summed E-state index contributed by atoms with van der Waals surface area (Å²) in [6.07, 6.45) is 7.45. The lowest BCUT2D eigenvalue weighted by molar-refractivity contribution is 0.0792. The monoisotopic (exact) mass is 388 g/mol. The lowest BCUT2D eigenvalue weighted by Gasteiger charge is -2.21. The maximum Gasteiger partial charge on any atom is 0.257 e. The molecule has 3 aromatic rings. The lowest BCUT2D eigenvalue weighted by Crippen LogP contribution is -2.28. The molecule has 0 unspecified atom stereocenters. The van der Waals surface area contributed by atoms with Gasteiger partial charge in [0.25, 0.3) is 5.91 Å². The van der Waals surface area contributed by atoms with Crippen LogP contribution in [-0.2, 0) is 13.5 Å². The van der Waals surface area contributed by atoms with Gasteiger partial charge in [0, 0.05) is 38.0 Å². The van der Waals surface area contributed by atoms with Crippen molar-refractivity contribution in [3.05, 3.63) is 64.6 Å². The van der Waals surface area contributed by atoms with Crippen LogP contribution in [0.1, 0.15) is 39.0 Å². The van der Waals surface area contributed by atoms with Gasteiger partial charge in [0.1, 0.15) is 11.9 Å². The van der Waals surface area contributed by atoms with E-state index in [2.05, 4.69) is 30.0 Å². The predicted molar refractivity (Wildman–Crippen MR) is 110 cm³/mol. The molecule has 5 rings (SSSR count). The molecule has 0 N–H and O–H groups in total. The van der Waals surface area contributed by atoms with Gasteiger partial charge in [-0.15, -0.1) is 0 Å². The van der Waals surface area contributed by atoms with E-state index >= 15 is 0 Å². The summed E-state index contributed by atoms with van der Waals surface area (Å²) < 4.78 is 7.99. The fourth-order valence-electron chi connectivity index (χ4n) is 4.27. The molecule has 4 heterocycles. The van der Waals surface area contributed by atoms with Crippen LogP contribution in [0.3, 0.4) is 0 Å². The van der Waals surface area contributed by atoms with Crippen molar-refractivity contribution in [2.45, 2.75) is 32.8 Å². The number of carbonyl (C=O) groups is 1. The maximum atomic E-state index is 13.0. The molecule has 29 heavy (non-hydrogen) atoms. The minimum Gasteiger partial charge on any atom is -0.487 e. The summed E-state index contributed by atoms with van der Waals surface area (Å²) in [4.78, 5) is 19.5. The largest absolute Gasteiger partial charge is 0.487 e. The number of nitrogens with zero attached hydrogens (tertiary/aromatic N) is 4. The van der Waals surface area contributed by atoms with Crippen LogP contribution in [0.15, 0.2) is 36.8 Å². The molecule has 6 nitrogen and oxygen atoms in total. The van der Waals surface area contributed by atoms with Gasteiger partial charge in [0.05, 0.1) is 24.0 Å². The minimum atomic E-state index is 0.0920. The van der Waals surface area contributed by atoms with E-state index in [1.807, 2.05) is 42.7 Å². The van der Waals surface area contributed by atoms with Crippen LogP contribution in [-0.4, -0.2) is 44.8 Å². The number of pyridine rings is 1. The van der Waals surface area contributed by atoms with Gasteiger partial charge in [0.2, 0.25) is 0 Å². The number of ether oxygens (including phenoxy) is 1. The highest BCUT2D eigenvalue weighted by atomic mass is 16.5. The second-order valence-corrected chi connectivity index (χ2v) is 8.07. The smallest absolute Gasteiger partial charge is 0.257 e. The zero-order valence-electron chi connectivity index (χ0n) is 17.0. The molecule has 1 amide bonds. The topological polar surface area (TPSA) is 60.2 Å². The first kappa shape index (κ1) is 17.9. The first-order chi connectivity index (χ1) is 14.0. The second kappa shape index (κ2) is 6.72. The van der Waals surface area contributed by atoms with Crippen LogP contribution in [0.5, 0.6) is 5.75 Å². The molecule has 2 bridgehead atoms. The van der Waals surface area contributed by atoms with Gasteiger partial charge < -0.3 is 9.64 Å². The summed E-state index contributed by atoms with van der Waals surface area (Å²) in [6, 6.07) is 6.15. The first-order valence-corrected chi connectivity index (χ1v) is 10.0. The van der Waals surface area contributed by atoms with Crippen molar-refractivity contribution >= 4 is 5.91 Å². The van der Waals surface area contributed by atoms with Crippen LogP contribution in [0, 0.1) is 13.8 Å². The number of carbonyl (C=O) groups excluding carboxylic acids is 1. The predicted octanol–water partition coefficient (Wildman–Crippen LogP) is 3.30. The van der Waals surface area contributed by atoms with Gasteiger partial charge in [-0.05, 0) is 54.7 Å². The van der Waals surface area contributed by atoms with E-state index < -0.39 is 0 Å². The molecule has 2 aliphatic heterocycles. The van der Waals surface area contributed by atoms with E-state index in [9.17, 15) is 4.79 Å². The zero-order chi connectivity index (χ0) is 20.1. The summed E-state index contributed by atoms with van der Waals surface area (Å²) in [6.45, 7) is 5.65. The molecule has 2 aliphatic rings. The van der Waals surface area contributed by atoms with Crippen LogP contribution in [0.4, 0.5) is 0 Å². The average molecular weight is 388 g/mol. The summed E-state index contributed by atoms with van der Waals surface area (Å²) >= 11 is 0. The fourth-order valence-corrected chi connectivity index (χ4v) is 4.27. The van der Waals surface area contributed by atoms with Crippen molar-refractivity contribution in [2.75, 3.05) is 13.1 Å². The van der Waals surface area contributed by atoms with E-state index in [1.54, 1.807) is 4.68 Å². The summed E-state index contributed by atoms with van der Waals surface area (Å²) in [7, 11) is 1.90. The molecule has 0 aliphatic carbocycles. The summed E-state index contributed by atoms with van der Waals surface area (Å²) in [5.74, 6) is 0.864. The number of rotatable bonds is 3. The summed E-state index contributed by atoms with van der Waals surface area (Å²) in [5, 5.41) is 4.21.